The molecule has 2 aromatic rings. The molecule has 1 fully saturated rings. The van der Waals surface area contributed by atoms with Crippen molar-refractivity contribution in [1.29, 1.82) is 0 Å². The van der Waals surface area contributed by atoms with Gasteiger partial charge < -0.3 is 10.1 Å². The molecule has 0 bridgehead atoms. The van der Waals surface area contributed by atoms with E-state index in [1.807, 2.05) is 6.07 Å². The number of rotatable bonds is 5. The number of halogens is 3. The second-order valence-electron chi connectivity index (χ2n) is 5.08. The molecule has 0 radical (unpaired) electrons. The molecule has 2 aromatic carbocycles. The summed E-state index contributed by atoms with van der Waals surface area (Å²) in [6.45, 7) is 0.587. The van der Waals surface area contributed by atoms with Crippen molar-refractivity contribution in [2.75, 3.05) is 0 Å². The highest BCUT2D eigenvalue weighted by Gasteiger charge is 2.21. The first kappa shape index (κ1) is 14.8. The fourth-order valence-electron chi connectivity index (χ4n) is 2.00. The Hall–Kier alpha value is -1.10. The van der Waals surface area contributed by atoms with Crippen LogP contribution in [0.4, 0.5) is 4.39 Å². The summed E-state index contributed by atoms with van der Waals surface area (Å²) in [5.41, 5.74) is 0.790. The van der Waals surface area contributed by atoms with Crippen molar-refractivity contribution in [3.05, 3.63) is 57.3 Å². The van der Waals surface area contributed by atoms with Crippen molar-refractivity contribution in [1.82, 2.24) is 5.32 Å². The van der Waals surface area contributed by atoms with Gasteiger partial charge in [-0.25, -0.2) is 4.39 Å². The van der Waals surface area contributed by atoms with Gasteiger partial charge in [0, 0.05) is 22.6 Å². The molecular weight excluding hydrogens is 357 g/mol. The van der Waals surface area contributed by atoms with Crippen LogP contribution in [0, 0.1) is 5.82 Å². The summed E-state index contributed by atoms with van der Waals surface area (Å²) in [6.07, 6.45) is 2.37. The molecule has 2 nitrogen and oxygen atoms in total. The number of benzene rings is 2. The monoisotopic (exact) mass is 369 g/mol. The summed E-state index contributed by atoms with van der Waals surface area (Å²) in [4.78, 5) is 0. The molecule has 1 N–H and O–H groups in total. The third kappa shape index (κ3) is 3.96. The minimum Gasteiger partial charge on any atom is -0.455 e. The first-order valence-electron chi connectivity index (χ1n) is 6.76. The van der Waals surface area contributed by atoms with Gasteiger partial charge in [0.25, 0.3) is 0 Å². The summed E-state index contributed by atoms with van der Waals surface area (Å²) in [5, 5.41) is 3.88. The molecule has 1 saturated carbocycles. The van der Waals surface area contributed by atoms with Crippen LogP contribution in [-0.4, -0.2) is 6.04 Å². The van der Waals surface area contributed by atoms with E-state index in [1.54, 1.807) is 18.2 Å². The lowest BCUT2D eigenvalue weighted by atomic mass is 10.2. The van der Waals surface area contributed by atoms with Gasteiger partial charge in [-0.05, 0) is 49.2 Å². The van der Waals surface area contributed by atoms with Crippen LogP contribution in [0.5, 0.6) is 11.5 Å². The zero-order chi connectivity index (χ0) is 14.8. The Morgan fingerprint density at radius 2 is 2.00 bits per heavy atom. The van der Waals surface area contributed by atoms with Crippen LogP contribution in [0.15, 0.2) is 40.9 Å². The van der Waals surface area contributed by atoms with Gasteiger partial charge in [-0.2, -0.15) is 0 Å². The van der Waals surface area contributed by atoms with Crippen molar-refractivity contribution in [2.24, 2.45) is 0 Å². The topological polar surface area (TPSA) is 21.3 Å². The lowest BCUT2D eigenvalue weighted by Gasteiger charge is -2.13. The average molecular weight is 371 g/mol. The Labute approximate surface area is 136 Å². The Bertz CT molecular complexity index is 661. The van der Waals surface area contributed by atoms with E-state index in [4.69, 9.17) is 16.3 Å². The van der Waals surface area contributed by atoms with Gasteiger partial charge in [-0.15, -0.1) is 0 Å². The maximum atomic E-state index is 13.5. The predicted molar refractivity (Wildman–Crippen MR) is 85.5 cm³/mol. The van der Waals surface area contributed by atoms with Crippen LogP contribution in [0.1, 0.15) is 18.4 Å². The summed E-state index contributed by atoms with van der Waals surface area (Å²) in [5.74, 6) is 0.894. The Morgan fingerprint density at radius 1 is 1.19 bits per heavy atom. The molecule has 0 unspecified atom stereocenters. The third-order valence-corrected chi connectivity index (χ3v) is 4.10. The van der Waals surface area contributed by atoms with Crippen molar-refractivity contribution < 1.29 is 9.13 Å². The van der Waals surface area contributed by atoms with E-state index in [0.717, 1.165) is 10.0 Å². The van der Waals surface area contributed by atoms with Gasteiger partial charge in [-0.1, -0.05) is 27.5 Å². The lowest BCUT2D eigenvalue weighted by molar-refractivity contribution is 0.469. The van der Waals surface area contributed by atoms with Gasteiger partial charge >= 0.3 is 0 Å². The van der Waals surface area contributed by atoms with Crippen LogP contribution in [0.3, 0.4) is 0 Å². The normalized spacial score (nSPS) is 14.2. The van der Waals surface area contributed by atoms with E-state index < -0.39 is 0 Å². The van der Waals surface area contributed by atoms with Crippen LogP contribution >= 0.6 is 27.5 Å². The minimum atomic E-state index is -0.268. The second-order valence-corrected chi connectivity index (χ2v) is 6.41. The van der Waals surface area contributed by atoms with E-state index >= 15 is 0 Å². The van der Waals surface area contributed by atoms with Crippen molar-refractivity contribution in [3.8, 4) is 11.5 Å². The molecule has 110 valence electrons. The fourth-order valence-corrected chi connectivity index (χ4v) is 2.50. The highest BCUT2D eigenvalue weighted by atomic mass is 79.9. The van der Waals surface area contributed by atoms with Gasteiger partial charge in [0.1, 0.15) is 17.3 Å². The maximum absolute atomic E-state index is 13.5. The minimum absolute atomic E-state index is 0.268. The molecule has 0 heterocycles. The summed E-state index contributed by atoms with van der Waals surface area (Å²) >= 11 is 9.52. The molecular formula is C16H14BrClFNO. The number of nitrogens with one attached hydrogen (secondary N) is 1. The molecule has 5 heteroatoms. The predicted octanol–water partition coefficient (Wildman–Crippen LogP) is 5.29. The molecule has 0 aliphatic heterocycles. The Balaban J connectivity index is 1.84. The van der Waals surface area contributed by atoms with E-state index in [0.29, 0.717) is 29.1 Å². The Kier molecular flexibility index (Phi) is 4.48. The van der Waals surface area contributed by atoms with Gasteiger partial charge in [-0.3, -0.25) is 0 Å². The molecule has 0 aromatic heterocycles. The quantitative estimate of drug-likeness (QED) is 0.772. The molecule has 21 heavy (non-hydrogen) atoms. The van der Waals surface area contributed by atoms with E-state index in [1.165, 1.54) is 25.0 Å². The highest BCUT2D eigenvalue weighted by molar-refractivity contribution is 9.10. The smallest absolute Gasteiger partial charge is 0.147 e. The molecule has 0 atom stereocenters. The molecule has 1 aliphatic carbocycles. The van der Waals surface area contributed by atoms with E-state index in [-0.39, 0.29) is 5.82 Å². The van der Waals surface area contributed by atoms with Crippen molar-refractivity contribution in [2.45, 2.75) is 25.4 Å². The number of hydrogen-bond donors (Lipinski definition) is 1. The first-order chi connectivity index (χ1) is 10.1. The van der Waals surface area contributed by atoms with E-state index in [9.17, 15) is 4.39 Å². The van der Waals surface area contributed by atoms with Crippen molar-refractivity contribution >= 4 is 27.5 Å². The molecule has 0 spiro atoms. The SMILES string of the molecule is Fc1ccc(Oc2cc(Br)ccc2Cl)c(CNC2CC2)c1. The number of hydrogen-bond acceptors (Lipinski definition) is 2. The van der Waals surface area contributed by atoms with Gasteiger partial charge in [0.05, 0.1) is 5.02 Å². The van der Waals surface area contributed by atoms with Crippen LogP contribution in [-0.2, 0) is 6.54 Å². The zero-order valence-corrected chi connectivity index (χ0v) is 13.5. The summed E-state index contributed by atoms with van der Waals surface area (Å²) in [6, 6.07) is 10.5. The average Bonchev–Trinajstić information content (AvgIpc) is 3.27. The molecule has 0 amide bonds. The van der Waals surface area contributed by atoms with Crippen molar-refractivity contribution in [3.63, 3.8) is 0 Å². The maximum Gasteiger partial charge on any atom is 0.147 e. The fraction of sp³-hybridized carbons (Fsp3) is 0.250. The van der Waals surface area contributed by atoms with Gasteiger partial charge in [0.2, 0.25) is 0 Å². The highest BCUT2D eigenvalue weighted by Crippen LogP contribution is 2.34. The first-order valence-corrected chi connectivity index (χ1v) is 7.93. The van der Waals surface area contributed by atoms with E-state index in [2.05, 4.69) is 21.2 Å². The zero-order valence-electron chi connectivity index (χ0n) is 11.2. The summed E-state index contributed by atoms with van der Waals surface area (Å²) < 4.78 is 20.2. The number of ether oxygens (including phenoxy) is 1. The lowest BCUT2D eigenvalue weighted by Crippen LogP contribution is -2.16. The van der Waals surface area contributed by atoms with Crippen LogP contribution < -0.4 is 10.1 Å². The van der Waals surface area contributed by atoms with Gasteiger partial charge in [0.15, 0.2) is 0 Å². The third-order valence-electron chi connectivity index (χ3n) is 3.29. The Morgan fingerprint density at radius 3 is 2.76 bits per heavy atom. The second kappa shape index (κ2) is 6.34. The van der Waals surface area contributed by atoms with Crippen LogP contribution in [0.25, 0.3) is 0 Å². The standard InChI is InChI=1S/C16H14BrClFNO/c17-11-1-5-14(18)16(8-11)21-15-6-2-12(19)7-10(15)9-20-13-3-4-13/h1-2,5-8,13,20H,3-4,9H2. The summed E-state index contributed by atoms with van der Waals surface area (Å²) in [7, 11) is 0. The molecule has 3 rings (SSSR count). The molecule has 0 saturated heterocycles. The largest absolute Gasteiger partial charge is 0.455 e. The molecule has 1 aliphatic rings. The van der Waals surface area contributed by atoms with Crippen LogP contribution in [0.2, 0.25) is 5.02 Å².